The van der Waals surface area contributed by atoms with Gasteiger partial charge in [-0.25, -0.2) is 0 Å². The zero-order chi connectivity index (χ0) is 10.9. The largest absolute Gasteiger partial charge is 0.379 e. The fourth-order valence-electron chi connectivity index (χ4n) is 0.965. The molecule has 0 aliphatic carbocycles. The van der Waals surface area contributed by atoms with E-state index in [9.17, 15) is 0 Å². The van der Waals surface area contributed by atoms with Crippen LogP contribution in [0.4, 0.5) is 0 Å². The van der Waals surface area contributed by atoms with Crippen molar-refractivity contribution in [2.24, 2.45) is 10.1 Å². The van der Waals surface area contributed by atoms with Crippen LogP contribution in [0.15, 0.2) is 34.6 Å². The van der Waals surface area contributed by atoms with Gasteiger partial charge in [-0.15, -0.1) is 0 Å². The van der Waals surface area contributed by atoms with Crippen LogP contribution in [-0.2, 0) is 4.74 Å². The van der Waals surface area contributed by atoms with Crippen molar-refractivity contribution in [2.75, 3.05) is 20.8 Å². The highest BCUT2D eigenvalue weighted by Gasteiger charge is 1.98. The topological polar surface area (TPSA) is 58.9 Å². The van der Waals surface area contributed by atoms with Crippen LogP contribution in [0.5, 0.6) is 0 Å². The van der Waals surface area contributed by atoms with Gasteiger partial charge in [0.2, 0.25) is 0 Å². The van der Waals surface area contributed by atoms with E-state index in [0.717, 1.165) is 5.56 Å². The Bertz CT molecular complexity index is 335. The number of nitrogens with one attached hydrogen (secondary N) is 1. The summed E-state index contributed by atoms with van der Waals surface area (Å²) in [7, 11) is 3.31. The lowest BCUT2D eigenvalue weighted by atomic mass is 10.3. The van der Waals surface area contributed by atoms with Gasteiger partial charge < -0.3 is 4.74 Å². The molecule has 5 heteroatoms. The van der Waals surface area contributed by atoms with E-state index in [-0.39, 0.29) is 0 Å². The SMILES string of the molecule is CN=C(N/N=C/COC)c1cccnc1. The van der Waals surface area contributed by atoms with Gasteiger partial charge in [-0.05, 0) is 12.1 Å². The van der Waals surface area contributed by atoms with Crippen molar-refractivity contribution in [3.05, 3.63) is 30.1 Å². The first-order valence-electron chi connectivity index (χ1n) is 4.52. The third-order valence-corrected chi connectivity index (χ3v) is 1.66. The zero-order valence-corrected chi connectivity index (χ0v) is 8.84. The quantitative estimate of drug-likeness (QED) is 0.447. The standard InChI is InChI=1S/C10H14N4O/c1-11-10(14-13-6-7-15-2)9-4-3-5-12-8-9/h3-6,8H,7H2,1-2H3,(H,11,14)/b13-6+. The van der Waals surface area contributed by atoms with Crippen LogP contribution in [0.25, 0.3) is 0 Å². The first-order chi connectivity index (χ1) is 7.38. The van der Waals surface area contributed by atoms with Gasteiger partial charge in [0.05, 0.1) is 12.8 Å². The first kappa shape index (κ1) is 11.3. The van der Waals surface area contributed by atoms with E-state index in [0.29, 0.717) is 12.4 Å². The molecule has 1 heterocycles. The minimum atomic E-state index is 0.469. The molecule has 0 fully saturated rings. The van der Waals surface area contributed by atoms with E-state index in [4.69, 9.17) is 4.74 Å². The number of aliphatic imine (C=N–C) groups is 1. The summed E-state index contributed by atoms with van der Waals surface area (Å²) in [5.74, 6) is 0.676. The van der Waals surface area contributed by atoms with Crippen LogP contribution in [0.3, 0.4) is 0 Å². The number of aromatic nitrogens is 1. The van der Waals surface area contributed by atoms with E-state index in [1.165, 1.54) is 0 Å². The number of pyridine rings is 1. The van der Waals surface area contributed by atoms with E-state index in [1.807, 2.05) is 12.1 Å². The Morgan fingerprint density at radius 2 is 2.53 bits per heavy atom. The summed E-state index contributed by atoms with van der Waals surface area (Å²) in [6, 6.07) is 3.76. The molecule has 5 nitrogen and oxygen atoms in total. The summed E-state index contributed by atoms with van der Waals surface area (Å²) >= 11 is 0. The minimum absolute atomic E-state index is 0.469. The fourth-order valence-corrected chi connectivity index (χ4v) is 0.965. The lowest BCUT2D eigenvalue weighted by Gasteiger charge is -2.03. The van der Waals surface area contributed by atoms with Crippen LogP contribution >= 0.6 is 0 Å². The Morgan fingerprint density at radius 3 is 3.13 bits per heavy atom. The predicted octanol–water partition coefficient (Wildman–Crippen LogP) is 0.680. The highest BCUT2D eigenvalue weighted by molar-refractivity contribution is 5.98. The molecule has 0 unspecified atom stereocenters. The molecule has 0 aliphatic heterocycles. The number of nitrogens with zero attached hydrogens (tertiary/aromatic N) is 3. The number of hydrazone groups is 1. The van der Waals surface area contributed by atoms with Gasteiger partial charge in [0.15, 0.2) is 0 Å². The number of rotatable bonds is 4. The molecule has 1 N–H and O–H groups in total. The maximum Gasteiger partial charge on any atom is 0.150 e. The Hall–Kier alpha value is -1.75. The third-order valence-electron chi connectivity index (χ3n) is 1.66. The second kappa shape index (κ2) is 6.67. The molecule has 1 aromatic rings. The summed E-state index contributed by atoms with van der Waals surface area (Å²) in [6.45, 7) is 0.469. The van der Waals surface area contributed by atoms with Gasteiger partial charge in [0.1, 0.15) is 5.84 Å². The van der Waals surface area contributed by atoms with Crippen molar-refractivity contribution in [2.45, 2.75) is 0 Å². The Labute approximate surface area is 88.9 Å². The van der Waals surface area contributed by atoms with Gasteiger partial charge in [-0.3, -0.25) is 15.4 Å². The summed E-state index contributed by atoms with van der Waals surface area (Å²) in [5, 5.41) is 3.95. The smallest absolute Gasteiger partial charge is 0.150 e. The van der Waals surface area contributed by atoms with Crippen LogP contribution in [-0.4, -0.2) is 37.8 Å². The average Bonchev–Trinajstić information content (AvgIpc) is 2.30. The van der Waals surface area contributed by atoms with Crippen LogP contribution in [0.2, 0.25) is 0 Å². The Balaban J connectivity index is 2.59. The van der Waals surface area contributed by atoms with Gasteiger partial charge in [0.25, 0.3) is 0 Å². The van der Waals surface area contributed by atoms with E-state index in [1.54, 1.807) is 32.8 Å². The molecule has 15 heavy (non-hydrogen) atoms. The Morgan fingerprint density at radius 1 is 1.67 bits per heavy atom. The van der Waals surface area contributed by atoms with Gasteiger partial charge in [-0.1, -0.05) is 0 Å². The Kier molecular flexibility index (Phi) is 5.03. The molecule has 1 aromatic heterocycles. The highest BCUT2D eigenvalue weighted by atomic mass is 16.5. The average molecular weight is 206 g/mol. The first-order valence-corrected chi connectivity index (χ1v) is 4.52. The van der Waals surface area contributed by atoms with E-state index < -0.39 is 0 Å². The van der Waals surface area contributed by atoms with Crippen LogP contribution < -0.4 is 5.43 Å². The van der Waals surface area contributed by atoms with Crippen LogP contribution in [0, 0.1) is 0 Å². The van der Waals surface area contributed by atoms with Crippen LogP contribution in [0.1, 0.15) is 5.56 Å². The molecule has 1 rings (SSSR count). The minimum Gasteiger partial charge on any atom is -0.379 e. The molecule has 0 atom stereocenters. The molecule has 0 aliphatic rings. The monoisotopic (exact) mass is 206 g/mol. The van der Waals surface area contributed by atoms with Crippen molar-refractivity contribution >= 4 is 12.1 Å². The highest BCUT2D eigenvalue weighted by Crippen LogP contribution is 1.95. The van der Waals surface area contributed by atoms with Gasteiger partial charge in [-0.2, -0.15) is 5.10 Å². The van der Waals surface area contributed by atoms with Crippen molar-refractivity contribution in [1.82, 2.24) is 10.4 Å². The molecular formula is C10H14N4O. The number of methoxy groups -OCH3 is 1. The molecule has 0 saturated heterocycles. The maximum atomic E-state index is 4.82. The fraction of sp³-hybridized carbons (Fsp3) is 0.300. The summed E-state index contributed by atoms with van der Waals surface area (Å²) in [4.78, 5) is 8.07. The predicted molar refractivity (Wildman–Crippen MR) is 60.2 cm³/mol. The zero-order valence-electron chi connectivity index (χ0n) is 8.84. The van der Waals surface area contributed by atoms with Crippen molar-refractivity contribution < 1.29 is 4.74 Å². The summed E-state index contributed by atoms with van der Waals surface area (Å²) in [5.41, 5.74) is 3.72. The second-order valence-corrected chi connectivity index (χ2v) is 2.69. The molecular weight excluding hydrogens is 192 g/mol. The van der Waals surface area contributed by atoms with Gasteiger partial charge in [0, 0.05) is 32.1 Å². The molecule has 0 aromatic carbocycles. The molecule has 0 saturated carbocycles. The molecule has 0 radical (unpaired) electrons. The number of hydrogen-bond donors (Lipinski definition) is 1. The molecule has 0 amide bonds. The molecule has 80 valence electrons. The third kappa shape index (κ3) is 3.86. The van der Waals surface area contributed by atoms with Crippen molar-refractivity contribution in [3.63, 3.8) is 0 Å². The van der Waals surface area contributed by atoms with Crippen molar-refractivity contribution in [1.29, 1.82) is 0 Å². The normalized spacial score (nSPS) is 12.0. The second-order valence-electron chi connectivity index (χ2n) is 2.69. The molecule has 0 spiro atoms. The molecule has 0 bridgehead atoms. The number of ether oxygens (including phenoxy) is 1. The summed E-state index contributed by atoms with van der Waals surface area (Å²) < 4.78 is 4.82. The lowest BCUT2D eigenvalue weighted by molar-refractivity contribution is 0.248. The van der Waals surface area contributed by atoms with E-state index >= 15 is 0 Å². The van der Waals surface area contributed by atoms with Crippen molar-refractivity contribution in [3.8, 4) is 0 Å². The van der Waals surface area contributed by atoms with Gasteiger partial charge >= 0.3 is 0 Å². The lowest BCUT2D eigenvalue weighted by Crippen LogP contribution is -2.19. The maximum absolute atomic E-state index is 4.82. The summed E-state index contributed by atoms with van der Waals surface area (Å²) in [6.07, 6.45) is 5.06. The van der Waals surface area contributed by atoms with E-state index in [2.05, 4.69) is 20.5 Å². The number of amidine groups is 1. The number of hydrogen-bond acceptors (Lipinski definition) is 4.